The number of nitrogens with two attached hydrogens (primary N) is 1. The maximum Gasteiger partial charge on any atom is 0.241 e. The van der Waals surface area contributed by atoms with E-state index in [1.54, 1.807) is 6.92 Å². The number of aliphatic hydroxyl groups is 1. The molecule has 0 saturated heterocycles. The molecule has 1 atom stereocenters. The van der Waals surface area contributed by atoms with Gasteiger partial charge in [-0.25, -0.2) is 22.5 Å². The fraction of sp³-hybridized carbons (Fsp3) is 0.263. The fourth-order valence-electron chi connectivity index (χ4n) is 2.30. The van der Waals surface area contributed by atoms with Gasteiger partial charge in [-0.15, -0.1) is 0 Å². The van der Waals surface area contributed by atoms with Crippen LogP contribution in [0.1, 0.15) is 12.5 Å². The number of nitrogens with zero attached hydrogens (tertiary/aromatic N) is 3. The van der Waals surface area contributed by atoms with E-state index in [9.17, 15) is 22.4 Å². The fourth-order valence-corrected chi connectivity index (χ4v) is 2.30. The van der Waals surface area contributed by atoms with Gasteiger partial charge in [0.1, 0.15) is 24.0 Å². The molecule has 2 aromatic rings. The molecule has 0 aliphatic heterocycles. The first kappa shape index (κ1) is 24.5. The summed E-state index contributed by atoms with van der Waals surface area (Å²) in [6, 6.07) is 0.591. The number of halogens is 4. The van der Waals surface area contributed by atoms with E-state index in [1.807, 2.05) is 0 Å². The molecule has 0 aliphatic carbocycles. The molecule has 0 radical (unpaired) electrons. The molecule has 6 N–H and O–H groups in total. The number of aliphatic hydroxyl groups excluding tert-OH is 1. The van der Waals surface area contributed by atoms with Crippen LogP contribution < -0.4 is 21.7 Å². The molecule has 9 nitrogen and oxygen atoms in total. The average Bonchev–Trinajstić information content (AvgIpc) is 2.74. The van der Waals surface area contributed by atoms with Crippen molar-refractivity contribution in [1.29, 1.82) is 0 Å². The van der Waals surface area contributed by atoms with Gasteiger partial charge in [-0.1, -0.05) is 0 Å². The van der Waals surface area contributed by atoms with Gasteiger partial charge in [0.15, 0.2) is 11.6 Å². The first-order chi connectivity index (χ1) is 15.2. The number of allylic oxidation sites excluding steroid dienone is 1. The molecule has 1 aromatic carbocycles. The van der Waals surface area contributed by atoms with Crippen molar-refractivity contribution in [3.05, 3.63) is 59.1 Å². The number of hydrogen-bond acceptors (Lipinski definition) is 8. The highest BCUT2D eigenvalue weighted by Gasteiger charge is 2.14. The molecule has 0 spiro atoms. The van der Waals surface area contributed by atoms with Gasteiger partial charge in [0.2, 0.25) is 11.9 Å². The van der Waals surface area contributed by atoms with Crippen molar-refractivity contribution < 1.29 is 27.5 Å². The zero-order chi connectivity index (χ0) is 23.7. The maximum atomic E-state index is 14.0. The highest BCUT2D eigenvalue weighted by atomic mass is 19.1. The topological polar surface area (TPSA) is 138 Å². The normalized spacial score (nSPS) is 12.6. The van der Waals surface area contributed by atoms with Crippen LogP contribution in [0.3, 0.4) is 0 Å². The minimum absolute atomic E-state index is 0.129. The summed E-state index contributed by atoms with van der Waals surface area (Å²) in [4.78, 5) is 23.1. The van der Waals surface area contributed by atoms with Crippen molar-refractivity contribution >= 4 is 23.9 Å². The Balaban J connectivity index is 2.03. The molecule has 13 heteroatoms. The van der Waals surface area contributed by atoms with E-state index in [0.717, 1.165) is 12.4 Å². The lowest BCUT2D eigenvalue weighted by Crippen LogP contribution is -2.36. The molecule has 1 heterocycles. The molecule has 0 aliphatic rings. The van der Waals surface area contributed by atoms with Gasteiger partial charge in [-0.05, 0) is 6.92 Å². The molecule has 0 fully saturated rings. The van der Waals surface area contributed by atoms with Crippen LogP contribution in [0.2, 0.25) is 0 Å². The number of carbonyl (C=O) groups excluding carboxylic acids is 1. The highest BCUT2D eigenvalue weighted by molar-refractivity contribution is 5.85. The summed E-state index contributed by atoms with van der Waals surface area (Å²) in [7, 11) is 0. The first-order valence-corrected chi connectivity index (χ1v) is 9.22. The van der Waals surface area contributed by atoms with E-state index in [4.69, 9.17) is 10.8 Å². The number of anilines is 2. The van der Waals surface area contributed by atoms with Crippen molar-refractivity contribution in [3.8, 4) is 0 Å². The Bertz CT molecular complexity index is 994. The summed E-state index contributed by atoms with van der Waals surface area (Å²) < 4.78 is 54.5. The van der Waals surface area contributed by atoms with Crippen LogP contribution in [0.15, 0.2) is 35.2 Å². The van der Waals surface area contributed by atoms with Gasteiger partial charge in [-0.3, -0.25) is 9.79 Å². The summed E-state index contributed by atoms with van der Waals surface area (Å²) in [5, 5.41) is 16.5. The number of aliphatic imine (C=N–C) groups is 1. The molecule has 2 rings (SSSR count). The van der Waals surface area contributed by atoms with E-state index < -0.39 is 47.3 Å². The van der Waals surface area contributed by atoms with Crippen LogP contribution in [-0.2, 0) is 11.3 Å². The molecule has 0 saturated carbocycles. The second-order valence-corrected chi connectivity index (χ2v) is 6.46. The monoisotopic (exact) mass is 455 g/mol. The summed E-state index contributed by atoms with van der Waals surface area (Å²) in [5.74, 6) is -5.18. The van der Waals surface area contributed by atoms with Crippen LogP contribution in [0, 0.1) is 23.3 Å². The van der Waals surface area contributed by atoms with E-state index in [2.05, 4.69) is 30.9 Å². The van der Waals surface area contributed by atoms with Crippen LogP contribution in [0.25, 0.3) is 0 Å². The number of aromatic nitrogens is 2. The largest absolute Gasteiger partial charge is 0.403 e. The Labute approximate surface area is 180 Å². The number of carbonyl (C=O) groups is 1. The quantitative estimate of drug-likeness (QED) is 0.270. The Kier molecular flexibility index (Phi) is 8.89. The number of rotatable bonds is 10. The lowest BCUT2D eigenvalue weighted by Gasteiger charge is -2.11. The third-order valence-electron chi connectivity index (χ3n) is 3.86. The van der Waals surface area contributed by atoms with Gasteiger partial charge in [-0.2, -0.15) is 4.98 Å². The zero-order valence-corrected chi connectivity index (χ0v) is 16.9. The Morgan fingerprint density at radius 3 is 2.56 bits per heavy atom. The average molecular weight is 455 g/mol. The molecular weight excluding hydrogens is 434 g/mol. The first-order valence-electron chi connectivity index (χ1n) is 9.22. The van der Waals surface area contributed by atoms with Gasteiger partial charge in [0, 0.05) is 42.7 Å². The number of benzene rings is 1. The molecule has 1 unspecified atom stereocenters. The smallest absolute Gasteiger partial charge is 0.241 e. The Hall–Kier alpha value is -3.74. The maximum absolute atomic E-state index is 14.0. The van der Waals surface area contributed by atoms with Crippen LogP contribution in [0.4, 0.5) is 29.3 Å². The van der Waals surface area contributed by atoms with Crippen molar-refractivity contribution in [2.45, 2.75) is 19.5 Å². The molecule has 172 valence electrons. The summed E-state index contributed by atoms with van der Waals surface area (Å²) >= 11 is 0. The van der Waals surface area contributed by atoms with Gasteiger partial charge in [0.05, 0.1) is 18.5 Å². The molecule has 1 aromatic heterocycles. The van der Waals surface area contributed by atoms with Crippen molar-refractivity contribution in [2.75, 3.05) is 23.8 Å². The summed E-state index contributed by atoms with van der Waals surface area (Å²) in [6.45, 7) is 0.650. The minimum atomic E-state index is -1.13. The predicted octanol–water partition coefficient (Wildman–Crippen LogP) is 1.42. The van der Waals surface area contributed by atoms with Gasteiger partial charge >= 0.3 is 0 Å². The highest BCUT2D eigenvalue weighted by Crippen LogP contribution is 2.18. The van der Waals surface area contributed by atoms with Crippen LogP contribution in [0.5, 0.6) is 0 Å². The van der Waals surface area contributed by atoms with Crippen molar-refractivity contribution in [2.24, 2.45) is 10.7 Å². The lowest BCUT2D eigenvalue weighted by molar-refractivity contribution is -0.120. The van der Waals surface area contributed by atoms with E-state index >= 15 is 0 Å². The predicted molar refractivity (Wildman–Crippen MR) is 110 cm³/mol. The number of amides is 1. The van der Waals surface area contributed by atoms with E-state index in [1.165, 1.54) is 6.21 Å². The Morgan fingerprint density at radius 2 is 1.94 bits per heavy atom. The van der Waals surface area contributed by atoms with Crippen molar-refractivity contribution in [3.63, 3.8) is 0 Å². The molecular formula is C19H21F4N7O2. The lowest BCUT2D eigenvalue weighted by atomic mass is 10.2. The van der Waals surface area contributed by atoms with Crippen molar-refractivity contribution in [1.82, 2.24) is 15.3 Å². The van der Waals surface area contributed by atoms with Gasteiger partial charge in [0.25, 0.3) is 0 Å². The Morgan fingerprint density at radius 1 is 1.25 bits per heavy atom. The molecule has 0 bridgehead atoms. The number of hydrogen-bond donors (Lipinski definition) is 5. The van der Waals surface area contributed by atoms with Gasteiger partial charge < -0.3 is 26.8 Å². The molecule has 32 heavy (non-hydrogen) atoms. The standard InChI is InChI=1S/C19H21F4N7O2/c1-10(9-31)28-17(32)8-25-5-12(4-24)29-19-27-7-16(23)18(30-19)26-6-13-14(21)2-11(20)3-15(13)22/h2-5,7,10,31H,6,8-9,24H2,1H3,(H,28,32)(H2,26,27,29,30). The van der Waals surface area contributed by atoms with E-state index in [-0.39, 0.29) is 30.6 Å². The number of nitrogens with one attached hydrogen (secondary N) is 3. The second-order valence-electron chi connectivity index (χ2n) is 6.46. The third kappa shape index (κ3) is 7.19. The van der Waals surface area contributed by atoms with Crippen LogP contribution in [-0.4, -0.2) is 46.4 Å². The second kappa shape index (κ2) is 11.6. The summed E-state index contributed by atoms with van der Waals surface area (Å²) in [5.41, 5.74) is 5.15. The summed E-state index contributed by atoms with van der Waals surface area (Å²) in [6.07, 6.45) is 3.12. The SMILES string of the molecule is CC(CO)NC(=O)CN=CC(=CN)Nc1ncc(F)c(NCc2c(F)cc(F)cc2F)n1. The van der Waals surface area contributed by atoms with Crippen LogP contribution >= 0.6 is 0 Å². The minimum Gasteiger partial charge on any atom is -0.403 e. The third-order valence-corrected chi connectivity index (χ3v) is 3.86. The zero-order valence-electron chi connectivity index (χ0n) is 16.9. The van der Waals surface area contributed by atoms with E-state index in [0.29, 0.717) is 12.1 Å². The molecule has 1 amide bonds.